The smallest absolute Gasteiger partial charge is 0.338 e. The zero-order chi connectivity index (χ0) is 21.0. The van der Waals surface area contributed by atoms with E-state index in [1.807, 2.05) is 39.8 Å². The highest BCUT2D eigenvalue weighted by atomic mass is 28.4. The van der Waals surface area contributed by atoms with Crippen molar-refractivity contribution in [2.75, 3.05) is 6.61 Å². The van der Waals surface area contributed by atoms with E-state index in [2.05, 4.69) is 33.9 Å². The minimum absolute atomic E-state index is 0.0279. The molecule has 0 aromatic heterocycles. The molecule has 0 aliphatic heterocycles. The molecule has 1 rings (SSSR count). The fourth-order valence-corrected chi connectivity index (χ4v) is 3.54. The third-order valence-corrected chi connectivity index (χ3v) is 9.76. The number of carbonyl (C=O) groups is 2. The maximum Gasteiger partial charge on any atom is 0.338 e. The minimum Gasteiger partial charge on any atom is -0.543 e. The van der Waals surface area contributed by atoms with Gasteiger partial charge in [0.25, 0.3) is 0 Å². The van der Waals surface area contributed by atoms with Crippen LogP contribution >= 0.6 is 0 Å². The molecule has 1 aromatic rings. The lowest BCUT2D eigenvalue weighted by Crippen LogP contribution is -2.43. The molecule has 0 aliphatic carbocycles. The third kappa shape index (κ3) is 6.49. The lowest BCUT2D eigenvalue weighted by Gasteiger charge is -2.36. The Bertz CT molecular complexity index is 669. The number of hydrogen-bond acceptors (Lipinski definition) is 4. The molecule has 0 radical (unpaired) electrons. The van der Waals surface area contributed by atoms with Crippen molar-refractivity contribution < 1.29 is 18.8 Å². The summed E-state index contributed by atoms with van der Waals surface area (Å²) in [6.45, 7) is 18.7. The molecule has 0 heterocycles. The van der Waals surface area contributed by atoms with Crippen LogP contribution in [-0.4, -0.2) is 26.7 Å². The number of ether oxygens (including phenoxy) is 1. The maximum atomic E-state index is 12.4. The van der Waals surface area contributed by atoms with Crippen molar-refractivity contribution >= 4 is 20.1 Å². The molecule has 0 aliphatic rings. The molecule has 4 nitrogen and oxygen atoms in total. The van der Waals surface area contributed by atoms with Gasteiger partial charge in [0.05, 0.1) is 12.2 Å². The Morgan fingerprint density at radius 2 is 1.67 bits per heavy atom. The first-order valence-electron chi connectivity index (χ1n) is 9.68. The van der Waals surface area contributed by atoms with E-state index in [-0.39, 0.29) is 29.3 Å². The monoisotopic (exact) mass is 392 g/mol. The van der Waals surface area contributed by atoms with Crippen LogP contribution in [0.15, 0.2) is 24.3 Å². The van der Waals surface area contributed by atoms with E-state index in [9.17, 15) is 9.59 Å². The number of esters is 1. The molecular weight excluding hydrogens is 356 g/mol. The van der Waals surface area contributed by atoms with E-state index in [4.69, 9.17) is 9.16 Å². The lowest BCUT2D eigenvalue weighted by molar-refractivity contribution is -0.131. The molecule has 0 unspecified atom stereocenters. The summed E-state index contributed by atoms with van der Waals surface area (Å²) in [6.07, 6.45) is 0.510. The predicted octanol–water partition coefficient (Wildman–Crippen LogP) is 5.87. The number of rotatable bonds is 8. The summed E-state index contributed by atoms with van der Waals surface area (Å²) in [5.74, 6) is 0.470. The van der Waals surface area contributed by atoms with E-state index in [1.54, 1.807) is 12.1 Å². The van der Waals surface area contributed by atoms with E-state index in [0.29, 0.717) is 17.7 Å². The predicted molar refractivity (Wildman–Crippen MR) is 113 cm³/mol. The number of ketones is 1. The summed E-state index contributed by atoms with van der Waals surface area (Å²) in [5, 5.41) is 0.0814. The van der Waals surface area contributed by atoms with Crippen LogP contribution in [0.25, 0.3) is 0 Å². The summed E-state index contributed by atoms with van der Waals surface area (Å²) >= 11 is 0. The highest BCUT2D eigenvalue weighted by Gasteiger charge is 2.39. The van der Waals surface area contributed by atoms with Crippen molar-refractivity contribution in [1.29, 1.82) is 0 Å². The fourth-order valence-electron chi connectivity index (χ4n) is 2.52. The van der Waals surface area contributed by atoms with Crippen molar-refractivity contribution in [1.82, 2.24) is 0 Å². The van der Waals surface area contributed by atoms with Gasteiger partial charge in [0.15, 0.2) is 0 Å². The first-order valence-corrected chi connectivity index (χ1v) is 12.6. The highest BCUT2D eigenvalue weighted by molar-refractivity contribution is 6.74. The molecule has 152 valence electrons. The number of Topliss-reactive ketones (excluding diaryl/α,β-unsaturated/α-hetero) is 1. The van der Waals surface area contributed by atoms with Crippen molar-refractivity contribution in [2.45, 2.75) is 73.0 Å². The van der Waals surface area contributed by atoms with Crippen molar-refractivity contribution in [2.24, 2.45) is 11.3 Å². The van der Waals surface area contributed by atoms with E-state index >= 15 is 0 Å². The van der Waals surface area contributed by atoms with Gasteiger partial charge >= 0.3 is 5.97 Å². The van der Waals surface area contributed by atoms with Gasteiger partial charge < -0.3 is 9.16 Å². The Balaban J connectivity index is 2.74. The Morgan fingerprint density at radius 3 is 2.19 bits per heavy atom. The molecule has 0 N–H and O–H groups in total. The molecule has 0 saturated carbocycles. The zero-order valence-electron chi connectivity index (χ0n) is 18.4. The van der Waals surface area contributed by atoms with Crippen LogP contribution in [0.1, 0.15) is 65.2 Å². The second-order valence-electron chi connectivity index (χ2n) is 9.68. The summed E-state index contributed by atoms with van der Waals surface area (Å²) in [6, 6.07) is 7.16. The summed E-state index contributed by atoms with van der Waals surface area (Å²) in [4.78, 5) is 24.6. The molecule has 0 bridgehead atoms. The van der Waals surface area contributed by atoms with Gasteiger partial charge in [0, 0.05) is 11.3 Å². The van der Waals surface area contributed by atoms with Gasteiger partial charge in [-0.25, -0.2) is 4.79 Å². The average Bonchev–Trinajstić information content (AvgIpc) is 2.52. The quantitative estimate of drug-likeness (QED) is 0.410. The normalized spacial score (nSPS) is 12.8. The highest BCUT2D eigenvalue weighted by Crippen LogP contribution is 2.37. The number of benzene rings is 1. The van der Waals surface area contributed by atoms with Crippen LogP contribution in [0.4, 0.5) is 0 Å². The average molecular weight is 393 g/mol. The van der Waals surface area contributed by atoms with Crippen LogP contribution in [0.2, 0.25) is 18.1 Å². The van der Waals surface area contributed by atoms with Crippen LogP contribution in [0.5, 0.6) is 5.75 Å². The lowest BCUT2D eigenvalue weighted by atomic mass is 9.80. The van der Waals surface area contributed by atoms with Gasteiger partial charge in [0.1, 0.15) is 11.5 Å². The summed E-state index contributed by atoms with van der Waals surface area (Å²) in [5.41, 5.74) is -0.0268. The van der Waals surface area contributed by atoms with Gasteiger partial charge in [-0.05, 0) is 42.8 Å². The molecular formula is C22H36O4Si. The van der Waals surface area contributed by atoms with Gasteiger partial charge in [-0.15, -0.1) is 0 Å². The number of carbonyl (C=O) groups excluding carboxylic acids is 2. The molecule has 1 aromatic carbocycles. The van der Waals surface area contributed by atoms with E-state index < -0.39 is 13.7 Å². The topological polar surface area (TPSA) is 52.6 Å². The van der Waals surface area contributed by atoms with Crippen molar-refractivity contribution in [3.8, 4) is 5.75 Å². The van der Waals surface area contributed by atoms with Gasteiger partial charge in [-0.2, -0.15) is 0 Å². The molecule has 0 saturated heterocycles. The molecule has 0 atom stereocenters. The fraction of sp³-hybridized carbons (Fsp3) is 0.636. The van der Waals surface area contributed by atoms with Crippen LogP contribution in [-0.2, 0) is 9.53 Å². The minimum atomic E-state index is -1.97. The summed E-state index contributed by atoms with van der Waals surface area (Å²) < 4.78 is 11.7. The first-order chi connectivity index (χ1) is 12.2. The zero-order valence-corrected chi connectivity index (χ0v) is 19.4. The maximum absolute atomic E-state index is 12.4. The molecule has 0 amide bonds. The van der Waals surface area contributed by atoms with Crippen LogP contribution in [0.3, 0.4) is 0 Å². The van der Waals surface area contributed by atoms with Crippen LogP contribution in [0, 0.1) is 11.3 Å². The van der Waals surface area contributed by atoms with Gasteiger partial charge in [-0.1, -0.05) is 54.5 Å². The standard InChI is InChI=1S/C22H36O4Si/c1-16(2)19(23)22(6,7)13-14-25-20(24)17-11-10-12-18(15-17)26-27(8,9)21(3,4)5/h10-12,15-16H,13-14H2,1-9H3. The Labute approximate surface area is 165 Å². The molecule has 0 spiro atoms. The number of hydrogen-bond donors (Lipinski definition) is 0. The SMILES string of the molecule is CC(C)C(=O)C(C)(C)CCOC(=O)c1cccc(O[Si](C)(C)C(C)(C)C)c1. The second-order valence-corrected chi connectivity index (χ2v) is 14.4. The summed E-state index contributed by atoms with van der Waals surface area (Å²) in [7, 11) is -1.97. The second kappa shape index (κ2) is 8.59. The van der Waals surface area contributed by atoms with Gasteiger partial charge in [0.2, 0.25) is 8.32 Å². The third-order valence-electron chi connectivity index (χ3n) is 5.40. The molecule has 0 fully saturated rings. The largest absolute Gasteiger partial charge is 0.543 e. The molecule has 5 heteroatoms. The molecule has 27 heavy (non-hydrogen) atoms. The van der Waals surface area contributed by atoms with E-state index in [0.717, 1.165) is 0 Å². The Hall–Kier alpha value is -1.62. The van der Waals surface area contributed by atoms with Gasteiger partial charge in [-0.3, -0.25) is 4.79 Å². The first kappa shape index (κ1) is 23.4. The van der Waals surface area contributed by atoms with E-state index in [1.165, 1.54) is 0 Å². The van der Waals surface area contributed by atoms with Crippen molar-refractivity contribution in [3.63, 3.8) is 0 Å². The Kier molecular flexibility index (Phi) is 7.45. The van der Waals surface area contributed by atoms with Crippen LogP contribution < -0.4 is 4.43 Å². The van der Waals surface area contributed by atoms with Crippen molar-refractivity contribution in [3.05, 3.63) is 29.8 Å². The Morgan fingerprint density at radius 1 is 1.07 bits per heavy atom.